The number of phenols is 1. The van der Waals surface area contributed by atoms with Gasteiger partial charge in [0.1, 0.15) is 11.8 Å². The van der Waals surface area contributed by atoms with Crippen molar-refractivity contribution in [3.8, 4) is 17.0 Å². The van der Waals surface area contributed by atoms with Gasteiger partial charge in [-0.2, -0.15) is 5.10 Å². The van der Waals surface area contributed by atoms with Crippen LogP contribution in [0.3, 0.4) is 0 Å². The van der Waals surface area contributed by atoms with Gasteiger partial charge in [0.15, 0.2) is 5.65 Å². The van der Waals surface area contributed by atoms with Gasteiger partial charge in [-0.15, -0.1) is 0 Å². The van der Waals surface area contributed by atoms with Gasteiger partial charge in [-0.05, 0) is 37.3 Å². The number of piperazine rings is 1. The Kier molecular flexibility index (Phi) is 4.89. The summed E-state index contributed by atoms with van der Waals surface area (Å²) in [5.74, 6) is -0.596. The smallest absolute Gasteiger partial charge is 0.329 e. The Balaban J connectivity index is 1.83. The molecular formula is C20H21N5O4. The zero-order valence-electron chi connectivity index (χ0n) is 16.1. The summed E-state index contributed by atoms with van der Waals surface area (Å²) in [7, 11) is 1.31. The number of aromatic hydroxyl groups is 1. The molecule has 29 heavy (non-hydrogen) atoms. The summed E-state index contributed by atoms with van der Waals surface area (Å²) in [5.41, 5.74) is 2.85. The van der Waals surface area contributed by atoms with E-state index < -0.39 is 12.0 Å². The molecule has 1 aliphatic rings. The molecule has 1 amide bonds. The molecule has 9 nitrogen and oxygen atoms in total. The van der Waals surface area contributed by atoms with Gasteiger partial charge in [0, 0.05) is 30.9 Å². The van der Waals surface area contributed by atoms with Crippen LogP contribution in [0.1, 0.15) is 16.1 Å². The van der Waals surface area contributed by atoms with E-state index in [1.54, 1.807) is 30.3 Å². The lowest BCUT2D eigenvalue weighted by atomic mass is 10.0. The number of carbonyl (C=O) groups is 2. The first kappa shape index (κ1) is 18.9. The number of amides is 1. The van der Waals surface area contributed by atoms with Crippen molar-refractivity contribution in [1.29, 1.82) is 0 Å². The van der Waals surface area contributed by atoms with Crippen molar-refractivity contribution in [1.82, 2.24) is 25.4 Å². The number of phenolic OH excluding ortho intramolecular Hbond substituents is 1. The molecule has 1 aromatic carbocycles. The number of ether oxygens (including phenoxy) is 1. The molecule has 150 valence electrons. The van der Waals surface area contributed by atoms with E-state index in [0.29, 0.717) is 41.9 Å². The van der Waals surface area contributed by atoms with Gasteiger partial charge in [-0.25, -0.2) is 9.78 Å². The van der Waals surface area contributed by atoms with Crippen LogP contribution in [0.5, 0.6) is 5.75 Å². The van der Waals surface area contributed by atoms with Crippen molar-refractivity contribution in [2.24, 2.45) is 0 Å². The van der Waals surface area contributed by atoms with Crippen LogP contribution in [0.15, 0.2) is 30.3 Å². The summed E-state index contributed by atoms with van der Waals surface area (Å²) in [4.78, 5) is 31.8. The molecule has 2 aromatic heterocycles. The van der Waals surface area contributed by atoms with E-state index in [4.69, 9.17) is 4.74 Å². The SMILES string of the molecule is COC(=O)C1CNCCN1C(=O)c1cc(-c2ccc(O)cc2)nc2n[nH]c(C)c12. The number of methoxy groups -OCH3 is 1. The van der Waals surface area contributed by atoms with Gasteiger partial charge in [-0.1, -0.05) is 0 Å². The number of fused-ring (bicyclic) bond motifs is 1. The van der Waals surface area contributed by atoms with E-state index in [-0.39, 0.29) is 11.7 Å². The van der Waals surface area contributed by atoms with E-state index >= 15 is 0 Å². The number of H-pyrrole nitrogens is 1. The largest absolute Gasteiger partial charge is 0.508 e. The number of aromatic nitrogens is 3. The minimum absolute atomic E-state index is 0.142. The molecule has 1 fully saturated rings. The predicted molar refractivity (Wildman–Crippen MR) is 105 cm³/mol. The summed E-state index contributed by atoms with van der Waals surface area (Å²) < 4.78 is 4.88. The summed E-state index contributed by atoms with van der Waals surface area (Å²) in [6.45, 7) is 3.13. The highest BCUT2D eigenvalue weighted by Gasteiger charge is 2.34. The van der Waals surface area contributed by atoms with Crippen LogP contribution in [0, 0.1) is 6.92 Å². The number of benzene rings is 1. The zero-order chi connectivity index (χ0) is 20.5. The van der Waals surface area contributed by atoms with Crippen LogP contribution in [0.4, 0.5) is 0 Å². The normalized spacial score (nSPS) is 16.8. The fourth-order valence-electron chi connectivity index (χ4n) is 3.57. The highest BCUT2D eigenvalue weighted by Crippen LogP contribution is 2.28. The Bertz CT molecular complexity index is 1080. The van der Waals surface area contributed by atoms with E-state index in [1.165, 1.54) is 12.0 Å². The second kappa shape index (κ2) is 7.51. The molecule has 1 atom stereocenters. The maximum Gasteiger partial charge on any atom is 0.329 e. The Morgan fingerprint density at radius 3 is 2.76 bits per heavy atom. The van der Waals surface area contributed by atoms with Crippen molar-refractivity contribution in [2.75, 3.05) is 26.7 Å². The molecule has 0 spiro atoms. The minimum Gasteiger partial charge on any atom is -0.508 e. The minimum atomic E-state index is -0.700. The van der Waals surface area contributed by atoms with Gasteiger partial charge in [-0.3, -0.25) is 9.89 Å². The molecular weight excluding hydrogens is 374 g/mol. The van der Waals surface area contributed by atoms with E-state index in [2.05, 4.69) is 20.5 Å². The number of nitrogens with zero attached hydrogens (tertiary/aromatic N) is 3. The Morgan fingerprint density at radius 2 is 2.03 bits per heavy atom. The van der Waals surface area contributed by atoms with Crippen molar-refractivity contribution in [3.63, 3.8) is 0 Å². The van der Waals surface area contributed by atoms with Gasteiger partial charge >= 0.3 is 5.97 Å². The lowest BCUT2D eigenvalue weighted by Crippen LogP contribution is -2.57. The number of pyridine rings is 1. The van der Waals surface area contributed by atoms with Crippen molar-refractivity contribution in [3.05, 3.63) is 41.6 Å². The molecule has 3 aromatic rings. The van der Waals surface area contributed by atoms with E-state index in [9.17, 15) is 14.7 Å². The van der Waals surface area contributed by atoms with Crippen LogP contribution >= 0.6 is 0 Å². The highest BCUT2D eigenvalue weighted by molar-refractivity contribution is 6.08. The van der Waals surface area contributed by atoms with Crippen LogP contribution in [0.25, 0.3) is 22.3 Å². The van der Waals surface area contributed by atoms with E-state index in [1.807, 2.05) is 6.92 Å². The number of aryl methyl sites for hydroxylation is 1. The van der Waals surface area contributed by atoms with Crippen LogP contribution < -0.4 is 5.32 Å². The first-order valence-electron chi connectivity index (χ1n) is 9.24. The fourth-order valence-corrected chi connectivity index (χ4v) is 3.57. The number of hydrogen-bond donors (Lipinski definition) is 3. The molecule has 0 bridgehead atoms. The van der Waals surface area contributed by atoms with E-state index in [0.717, 1.165) is 11.3 Å². The van der Waals surface area contributed by atoms with Crippen LogP contribution in [0.2, 0.25) is 0 Å². The number of hydrogen-bond acceptors (Lipinski definition) is 7. The average Bonchev–Trinajstić information content (AvgIpc) is 3.13. The number of aromatic amines is 1. The van der Waals surface area contributed by atoms with Gasteiger partial charge in [0.25, 0.3) is 5.91 Å². The van der Waals surface area contributed by atoms with Gasteiger partial charge < -0.3 is 20.1 Å². The molecule has 0 radical (unpaired) electrons. The number of nitrogens with one attached hydrogen (secondary N) is 2. The fraction of sp³-hybridized carbons (Fsp3) is 0.300. The molecule has 0 saturated carbocycles. The third kappa shape index (κ3) is 3.40. The summed E-state index contributed by atoms with van der Waals surface area (Å²) in [6, 6.07) is 7.56. The quantitative estimate of drug-likeness (QED) is 0.570. The monoisotopic (exact) mass is 395 g/mol. The Morgan fingerprint density at radius 1 is 1.28 bits per heavy atom. The van der Waals surface area contributed by atoms with Crippen LogP contribution in [-0.4, -0.2) is 69.9 Å². The lowest BCUT2D eigenvalue weighted by molar-refractivity contribution is -0.146. The zero-order valence-corrected chi connectivity index (χ0v) is 16.1. The molecule has 9 heteroatoms. The predicted octanol–water partition coefficient (Wildman–Crippen LogP) is 1.23. The molecule has 0 aliphatic carbocycles. The molecule has 1 aliphatic heterocycles. The topological polar surface area (TPSA) is 120 Å². The summed E-state index contributed by atoms with van der Waals surface area (Å²) >= 11 is 0. The summed E-state index contributed by atoms with van der Waals surface area (Å²) in [6.07, 6.45) is 0. The molecule has 1 saturated heterocycles. The second-order valence-electron chi connectivity index (χ2n) is 6.89. The molecule has 3 heterocycles. The van der Waals surface area contributed by atoms with Crippen molar-refractivity contribution < 1.29 is 19.4 Å². The number of carbonyl (C=O) groups excluding carboxylic acids is 2. The Hall–Kier alpha value is -3.46. The maximum absolute atomic E-state index is 13.5. The molecule has 4 rings (SSSR count). The van der Waals surface area contributed by atoms with Gasteiger partial charge in [0.2, 0.25) is 0 Å². The third-order valence-corrected chi connectivity index (χ3v) is 5.08. The average molecular weight is 395 g/mol. The summed E-state index contributed by atoms with van der Waals surface area (Å²) in [5, 5.41) is 20.4. The Labute approximate surface area is 166 Å². The number of esters is 1. The van der Waals surface area contributed by atoms with Crippen molar-refractivity contribution >= 4 is 22.9 Å². The lowest BCUT2D eigenvalue weighted by Gasteiger charge is -2.34. The third-order valence-electron chi connectivity index (χ3n) is 5.08. The molecule has 1 unspecified atom stereocenters. The van der Waals surface area contributed by atoms with Crippen LogP contribution in [-0.2, 0) is 9.53 Å². The van der Waals surface area contributed by atoms with Gasteiger partial charge in [0.05, 0.1) is 23.8 Å². The maximum atomic E-state index is 13.5. The highest BCUT2D eigenvalue weighted by atomic mass is 16.5. The number of rotatable bonds is 3. The van der Waals surface area contributed by atoms with Crippen molar-refractivity contribution in [2.45, 2.75) is 13.0 Å². The molecule has 3 N–H and O–H groups in total. The first-order valence-corrected chi connectivity index (χ1v) is 9.24. The second-order valence-corrected chi connectivity index (χ2v) is 6.89. The first-order chi connectivity index (χ1) is 14.0. The standard InChI is InChI=1S/C20H21N5O4/c1-11-17-14(19(27)25-8-7-21-10-16(25)20(28)29-2)9-15(22-18(17)24-23-11)12-3-5-13(26)6-4-12/h3-6,9,16,21,26H,7-8,10H2,1-2H3,(H,22,23,24).